The minimum atomic E-state index is 0.381. The lowest BCUT2D eigenvalue weighted by atomic mass is 10.0. The molecule has 1 atom stereocenters. The molecule has 1 N–H and O–H groups in total. The second-order valence-electron chi connectivity index (χ2n) is 3.17. The van der Waals surface area contributed by atoms with Crippen LogP contribution in [0.15, 0.2) is 16.7 Å². The third-order valence-electron chi connectivity index (χ3n) is 2.24. The van der Waals surface area contributed by atoms with E-state index in [1.807, 2.05) is 6.07 Å². The summed E-state index contributed by atoms with van der Waals surface area (Å²) in [6.45, 7) is 1.09. The van der Waals surface area contributed by atoms with Crippen LogP contribution in [-0.2, 0) is 0 Å². The largest absolute Gasteiger partial charge is 0.466 e. The van der Waals surface area contributed by atoms with Crippen LogP contribution in [0.1, 0.15) is 31.1 Å². The highest BCUT2D eigenvalue weighted by Gasteiger charge is 2.17. The van der Waals surface area contributed by atoms with Gasteiger partial charge in [-0.25, -0.2) is 0 Å². The average Bonchev–Trinajstić information content (AvgIpc) is 2.54. The maximum atomic E-state index is 5.76. The maximum absolute atomic E-state index is 5.76. The number of hydrogen-bond donors (Lipinski definition) is 1. The summed E-state index contributed by atoms with van der Waals surface area (Å²) in [5.41, 5.74) is 0. The standard InChI is InChI=1S/C9H12ClNO/c10-7-5-9(12-6-7)8-3-1-2-4-11-8/h5-6,8,11H,1-4H2. The first-order valence-corrected chi connectivity index (χ1v) is 4.71. The second kappa shape index (κ2) is 3.50. The Morgan fingerprint density at radius 1 is 1.50 bits per heavy atom. The molecule has 1 fully saturated rings. The Morgan fingerprint density at radius 2 is 2.42 bits per heavy atom. The van der Waals surface area contributed by atoms with Crippen molar-refractivity contribution in [3.63, 3.8) is 0 Å². The van der Waals surface area contributed by atoms with Gasteiger partial charge in [-0.2, -0.15) is 0 Å². The number of rotatable bonds is 1. The summed E-state index contributed by atoms with van der Waals surface area (Å²) >= 11 is 5.76. The van der Waals surface area contributed by atoms with Gasteiger partial charge in [0.2, 0.25) is 0 Å². The molecule has 0 aliphatic carbocycles. The molecule has 3 heteroatoms. The van der Waals surface area contributed by atoms with Crippen LogP contribution < -0.4 is 5.32 Å². The van der Waals surface area contributed by atoms with E-state index in [9.17, 15) is 0 Å². The molecule has 2 rings (SSSR count). The minimum absolute atomic E-state index is 0.381. The van der Waals surface area contributed by atoms with Crippen LogP contribution in [0.5, 0.6) is 0 Å². The Labute approximate surface area is 76.9 Å². The van der Waals surface area contributed by atoms with Gasteiger partial charge in [0.05, 0.1) is 11.1 Å². The van der Waals surface area contributed by atoms with Crippen molar-refractivity contribution in [2.24, 2.45) is 0 Å². The Bertz CT molecular complexity index is 253. The zero-order valence-electron chi connectivity index (χ0n) is 6.85. The smallest absolute Gasteiger partial charge is 0.122 e. The molecule has 0 aromatic carbocycles. The van der Waals surface area contributed by atoms with E-state index in [2.05, 4.69) is 5.32 Å². The molecule has 1 aliphatic rings. The Morgan fingerprint density at radius 3 is 3.00 bits per heavy atom. The first-order valence-electron chi connectivity index (χ1n) is 4.33. The van der Waals surface area contributed by atoms with E-state index in [4.69, 9.17) is 16.0 Å². The van der Waals surface area contributed by atoms with Gasteiger partial charge in [-0.1, -0.05) is 18.0 Å². The Balaban J connectivity index is 2.08. The Hall–Kier alpha value is -0.470. The lowest BCUT2D eigenvalue weighted by molar-refractivity contribution is 0.349. The van der Waals surface area contributed by atoms with Crippen LogP contribution in [0.3, 0.4) is 0 Å². The van der Waals surface area contributed by atoms with Gasteiger partial charge < -0.3 is 9.73 Å². The number of halogens is 1. The van der Waals surface area contributed by atoms with Crippen LogP contribution >= 0.6 is 11.6 Å². The summed E-state index contributed by atoms with van der Waals surface area (Å²) in [6.07, 6.45) is 5.29. The molecule has 1 aromatic heterocycles. The van der Waals surface area contributed by atoms with E-state index in [0.717, 1.165) is 18.7 Å². The van der Waals surface area contributed by atoms with E-state index < -0.39 is 0 Å². The Kier molecular flexibility index (Phi) is 2.38. The van der Waals surface area contributed by atoms with Crippen LogP contribution in [0.25, 0.3) is 0 Å². The van der Waals surface area contributed by atoms with E-state index in [0.29, 0.717) is 11.1 Å². The van der Waals surface area contributed by atoms with E-state index in [1.165, 1.54) is 12.8 Å². The summed E-state index contributed by atoms with van der Waals surface area (Å²) in [4.78, 5) is 0. The van der Waals surface area contributed by atoms with Gasteiger partial charge in [-0.3, -0.25) is 0 Å². The van der Waals surface area contributed by atoms with Crippen molar-refractivity contribution in [2.45, 2.75) is 25.3 Å². The highest BCUT2D eigenvalue weighted by Crippen LogP contribution is 2.25. The topological polar surface area (TPSA) is 25.2 Å². The van der Waals surface area contributed by atoms with E-state index >= 15 is 0 Å². The quantitative estimate of drug-likeness (QED) is 0.728. The molecule has 12 heavy (non-hydrogen) atoms. The van der Waals surface area contributed by atoms with Gasteiger partial charge in [0.1, 0.15) is 12.0 Å². The zero-order valence-corrected chi connectivity index (χ0v) is 7.60. The predicted molar refractivity (Wildman–Crippen MR) is 48.3 cm³/mol. The van der Waals surface area contributed by atoms with E-state index in [-0.39, 0.29) is 0 Å². The van der Waals surface area contributed by atoms with Crippen LogP contribution in [0, 0.1) is 0 Å². The lowest BCUT2D eigenvalue weighted by Gasteiger charge is -2.20. The molecule has 2 nitrogen and oxygen atoms in total. The number of furan rings is 1. The monoisotopic (exact) mass is 185 g/mol. The lowest BCUT2D eigenvalue weighted by Crippen LogP contribution is -2.26. The summed E-state index contributed by atoms with van der Waals surface area (Å²) in [6, 6.07) is 2.27. The summed E-state index contributed by atoms with van der Waals surface area (Å²) in [7, 11) is 0. The molecule has 0 radical (unpaired) electrons. The number of nitrogens with one attached hydrogen (secondary N) is 1. The van der Waals surface area contributed by atoms with E-state index in [1.54, 1.807) is 6.26 Å². The first kappa shape index (κ1) is 8.14. The SMILES string of the molecule is Clc1coc(C2CCCCN2)c1. The third-order valence-corrected chi connectivity index (χ3v) is 2.44. The van der Waals surface area contributed by atoms with Crippen molar-refractivity contribution in [1.82, 2.24) is 5.32 Å². The molecule has 2 heterocycles. The molecule has 1 aliphatic heterocycles. The van der Waals surface area contributed by atoms with Crippen molar-refractivity contribution in [3.8, 4) is 0 Å². The van der Waals surface area contributed by atoms with Crippen LogP contribution in [0.2, 0.25) is 5.02 Å². The summed E-state index contributed by atoms with van der Waals surface area (Å²) in [5.74, 6) is 0.972. The predicted octanol–water partition coefficient (Wildman–Crippen LogP) is 2.75. The van der Waals surface area contributed by atoms with Crippen molar-refractivity contribution in [1.29, 1.82) is 0 Å². The molecular weight excluding hydrogens is 174 g/mol. The van der Waals surface area contributed by atoms with Gasteiger partial charge in [-0.05, 0) is 25.5 Å². The van der Waals surface area contributed by atoms with Crippen molar-refractivity contribution in [2.75, 3.05) is 6.54 Å². The van der Waals surface area contributed by atoms with Gasteiger partial charge in [-0.15, -0.1) is 0 Å². The third kappa shape index (κ3) is 1.65. The minimum Gasteiger partial charge on any atom is -0.466 e. The van der Waals surface area contributed by atoms with Gasteiger partial charge >= 0.3 is 0 Å². The molecule has 66 valence electrons. The molecular formula is C9H12ClNO. The van der Waals surface area contributed by atoms with Crippen LogP contribution in [-0.4, -0.2) is 6.54 Å². The van der Waals surface area contributed by atoms with Crippen LogP contribution in [0.4, 0.5) is 0 Å². The van der Waals surface area contributed by atoms with Gasteiger partial charge in [0.25, 0.3) is 0 Å². The fraction of sp³-hybridized carbons (Fsp3) is 0.556. The van der Waals surface area contributed by atoms with Crippen molar-refractivity contribution in [3.05, 3.63) is 23.1 Å². The molecule has 0 bridgehead atoms. The average molecular weight is 186 g/mol. The highest BCUT2D eigenvalue weighted by atomic mass is 35.5. The van der Waals surface area contributed by atoms with Crippen molar-refractivity contribution < 1.29 is 4.42 Å². The first-order chi connectivity index (χ1) is 5.86. The molecule has 1 saturated heterocycles. The summed E-state index contributed by atoms with van der Waals surface area (Å²) in [5, 5.41) is 4.09. The molecule has 0 amide bonds. The van der Waals surface area contributed by atoms with Gasteiger partial charge in [0.15, 0.2) is 0 Å². The highest BCUT2D eigenvalue weighted by molar-refractivity contribution is 6.30. The zero-order chi connectivity index (χ0) is 8.39. The second-order valence-corrected chi connectivity index (χ2v) is 3.61. The molecule has 1 unspecified atom stereocenters. The number of piperidine rings is 1. The summed E-state index contributed by atoms with van der Waals surface area (Å²) < 4.78 is 5.31. The fourth-order valence-corrected chi connectivity index (χ4v) is 1.76. The number of hydrogen-bond acceptors (Lipinski definition) is 2. The molecule has 0 saturated carbocycles. The molecule has 0 spiro atoms. The maximum Gasteiger partial charge on any atom is 0.122 e. The fourth-order valence-electron chi connectivity index (χ4n) is 1.61. The molecule has 1 aromatic rings. The van der Waals surface area contributed by atoms with Gasteiger partial charge in [0, 0.05) is 0 Å². The normalized spacial score (nSPS) is 24.2. The van der Waals surface area contributed by atoms with Crippen molar-refractivity contribution >= 4 is 11.6 Å².